The molecule has 0 aliphatic carbocycles. The number of fused-ring (bicyclic) bond motifs is 2. The quantitative estimate of drug-likeness (QED) is 0.341. The summed E-state index contributed by atoms with van der Waals surface area (Å²) in [6.07, 6.45) is 4.92. The van der Waals surface area contributed by atoms with Crippen LogP contribution in [0, 0.1) is 23.0 Å². The highest BCUT2D eigenvalue weighted by molar-refractivity contribution is 7.99. The number of amides is 1. The van der Waals surface area contributed by atoms with Crippen molar-refractivity contribution in [1.82, 2.24) is 24.8 Å². The van der Waals surface area contributed by atoms with Crippen molar-refractivity contribution in [3.8, 4) is 23.3 Å². The number of aromatic nitrogens is 3. The molecule has 0 spiro atoms. The van der Waals surface area contributed by atoms with Gasteiger partial charge in [-0.3, -0.25) is 9.78 Å². The van der Waals surface area contributed by atoms with E-state index >= 15 is 4.39 Å². The minimum Gasteiger partial charge on any atom is -0.462 e. The van der Waals surface area contributed by atoms with Crippen LogP contribution < -0.4 is 9.64 Å². The van der Waals surface area contributed by atoms with Crippen molar-refractivity contribution >= 4 is 34.4 Å². The van der Waals surface area contributed by atoms with Gasteiger partial charge in [0, 0.05) is 42.3 Å². The molecule has 230 valence electrons. The van der Waals surface area contributed by atoms with E-state index in [1.54, 1.807) is 6.07 Å². The van der Waals surface area contributed by atoms with Gasteiger partial charge in [-0.2, -0.15) is 15.2 Å². The normalized spacial score (nSPS) is 20.4. The van der Waals surface area contributed by atoms with E-state index in [9.17, 15) is 18.8 Å². The Hall–Kier alpha value is -3.89. The number of hydrogen-bond donors (Lipinski definition) is 0. The first-order valence-corrected chi connectivity index (χ1v) is 15.7. The van der Waals surface area contributed by atoms with Crippen LogP contribution in [0.1, 0.15) is 31.2 Å². The van der Waals surface area contributed by atoms with Crippen molar-refractivity contribution in [2.75, 3.05) is 50.5 Å². The Morgan fingerprint density at radius 2 is 2.05 bits per heavy atom. The third-order valence-electron chi connectivity index (χ3n) is 8.61. The smallest absolute Gasteiger partial charge is 0.319 e. The van der Waals surface area contributed by atoms with Crippen molar-refractivity contribution < 1.29 is 22.7 Å². The van der Waals surface area contributed by atoms with Crippen LogP contribution in [-0.2, 0) is 11.2 Å². The molecular weight excluding hydrogens is 591 g/mol. The molecule has 0 saturated carbocycles. The number of nitriles is 1. The van der Waals surface area contributed by atoms with Crippen LogP contribution in [0.3, 0.4) is 0 Å². The molecule has 1 amide bonds. The molecule has 2 fully saturated rings. The molecular formula is C31H32F3N7O2S. The zero-order chi connectivity index (χ0) is 31.0. The third-order valence-corrected chi connectivity index (χ3v) is 9.83. The van der Waals surface area contributed by atoms with Crippen LogP contribution in [0.15, 0.2) is 35.6 Å². The van der Waals surface area contributed by atoms with E-state index in [2.05, 4.69) is 32.5 Å². The van der Waals surface area contributed by atoms with Crippen LogP contribution in [0.4, 0.5) is 19.0 Å². The number of hydrogen-bond acceptors (Lipinski definition) is 9. The maximum atomic E-state index is 16.5. The topological polar surface area (TPSA) is 98.5 Å². The number of pyridine rings is 1. The number of rotatable bonds is 7. The minimum absolute atomic E-state index is 0.00351. The summed E-state index contributed by atoms with van der Waals surface area (Å²) in [6, 6.07) is 4.49. The minimum atomic E-state index is -1.10. The molecule has 2 aromatic heterocycles. The lowest BCUT2D eigenvalue weighted by molar-refractivity contribution is -0.131. The van der Waals surface area contributed by atoms with Gasteiger partial charge in [-0.15, -0.1) is 11.8 Å². The summed E-state index contributed by atoms with van der Waals surface area (Å²) < 4.78 is 51.0. The molecule has 13 heteroatoms. The fourth-order valence-electron chi connectivity index (χ4n) is 6.28. The van der Waals surface area contributed by atoms with Crippen LogP contribution in [0.2, 0.25) is 0 Å². The Bertz CT molecular complexity index is 1670. The van der Waals surface area contributed by atoms with Gasteiger partial charge in [0.05, 0.1) is 23.9 Å². The third kappa shape index (κ3) is 5.68. The van der Waals surface area contributed by atoms with E-state index < -0.39 is 23.6 Å². The lowest BCUT2D eigenvalue weighted by Crippen LogP contribution is -2.55. The van der Waals surface area contributed by atoms with E-state index in [1.807, 2.05) is 11.9 Å². The van der Waals surface area contributed by atoms with Gasteiger partial charge in [-0.05, 0) is 62.7 Å². The predicted molar refractivity (Wildman–Crippen MR) is 161 cm³/mol. The van der Waals surface area contributed by atoms with Crippen LogP contribution >= 0.6 is 11.8 Å². The lowest BCUT2D eigenvalue weighted by Gasteiger charge is -2.41. The highest BCUT2D eigenvalue weighted by Crippen LogP contribution is 2.40. The predicted octanol–water partition coefficient (Wildman–Crippen LogP) is 4.90. The fraction of sp³-hybridized carbons (Fsp3) is 0.452. The SMILES string of the molecule is C=C(F)C(=O)N1CCN(c2nc(OC[C@@H]3CCCN3C)nc3c(F)c(-c4ccc(F)c5c4CCCS5)ncc23)C[C@@H]1CC#N. The zero-order valence-corrected chi connectivity index (χ0v) is 25.2. The summed E-state index contributed by atoms with van der Waals surface area (Å²) in [5.41, 5.74) is 1.33. The molecule has 2 atom stereocenters. The van der Waals surface area contributed by atoms with Crippen molar-refractivity contribution in [1.29, 1.82) is 5.26 Å². The first-order valence-electron chi connectivity index (χ1n) is 14.7. The number of thioether (sulfide) groups is 1. The first kappa shape index (κ1) is 30.1. The fourth-order valence-corrected chi connectivity index (χ4v) is 7.36. The standard InChI is InChI=1S/C31H32F3N7O2S/c1-18(32)30(42)41-13-12-40(16-19(41)9-10-35)29-23-15-36-26(21-7-8-24(33)28-22(21)6-4-14-44-28)25(34)27(23)37-31(38-29)43-17-20-5-3-11-39(20)2/h7-8,15,19-20H,1,3-6,9,11-14,16-17H2,2H3/t19-,20-/m0/s1. The van der Waals surface area contributed by atoms with Gasteiger partial charge >= 0.3 is 6.01 Å². The molecule has 6 rings (SSSR count). The van der Waals surface area contributed by atoms with Gasteiger partial charge in [-0.1, -0.05) is 6.58 Å². The summed E-state index contributed by atoms with van der Waals surface area (Å²) >= 11 is 1.42. The second kappa shape index (κ2) is 12.6. The number of carbonyl (C=O) groups excluding carboxylic acids is 1. The zero-order valence-electron chi connectivity index (χ0n) is 24.4. The van der Waals surface area contributed by atoms with E-state index in [0.29, 0.717) is 34.7 Å². The molecule has 0 unspecified atom stereocenters. The Morgan fingerprint density at radius 3 is 2.80 bits per heavy atom. The number of likely N-dealkylation sites (tertiary alicyclic amines) is 1. The van der Waals surface area contributed by atoms with Crippen molar-refractivity contribution in [2.24, 2.45) is 0 Å². The molecule has 2 saturated heterocycles. The molecule has 44 heavy (non-hydrogen) atoms. The number of piperazine rings is 1. The Morgan fingerprint density at radius 1 is 1.20 bits per heavy atom. The number of anilines is 1. The number of nitrogens with zero attached hydrogens (tertiary/aromatic N) is 7. The first-order chi connectivity index (χ1) is 21.3. The molecule has 3 aliphatic rings. The van der Waals surface area contributed by atoms with Crippen molar-refractivity contribution in [3.63, 3.8) is 0 Å². The van der Waals surface area contributed by atoms with E-state index in [4.69, 9.17) is 4.74 Å². The summed E-state index contributed by atoms with van der Waals surface area (Å²) in [6.45, 7) is 4.89. The Labute approximate surface area is 257 Å². The summed E-state index contributed by atoms with van der Waals surface area (Å²) in [5.74, 6) is -1.82. The van der Waals surface area contributed by atoms with E-state index in [-0.39, 0.29) is 55.1 Å². The van der Waals surface area contributed by atoms with Gasteiger partial charge in [0.2, 0.25) is 0 Å². The van der Waals surface area contributed by atoms with Gasteiger partial charge < -0.3 is 19.4 Å². The molecule has 5 heterocycles. The highest BCUT2D eigenvalue weighted by Gasteiger charge is 2.34. The van der Waals surface area contributed by atoms with Gasteiger partial charge in [0.1, 0.15) is 29.5 Å². The Kier molecular flexibility index (Phi) is 8.64. The van der Waals surface area contributed by atoms with Gasteiger partial charge in [0.15, 0.2) is 11.6 Å². The number of likely N-dealkylation sites (N-methyl/N-ethyl adjacent to an activating group) is 1. The molecule has 1 aromatic carbocycles. The molecule has 0 radical (unpaired) electrons. The van der Waals surface area contributed by atoms with E-state index in [0.717, 1.165) is 37.1 Å². The van der Waals surface area contributed by atoms with Crippen LogP contribution in [0.5, 0.6) is 6.01 Å². The maximum Gasteiger partial charge on any atom is 0.319 e. The molecule has 0 bridgehead atoms. The number of halogens is 3. The molecule has 3 aliphatic heterocycles. The summed E-state index contributed by atoms with van der Waals surface area (Å²) in [4.78, 5) is 32.0. The Balaban J connectivity index is 1.43. The number of carbonyl (C=O) groups is 1. The van der Waals surface area contributed by atoms with E-state index in [1.165, 1.54) is 28.9 Å². The summed E-state index contributed by atoms with van der Waals surface area (Å²) in [7, 11) is 2.02. The molecule has 0 N–H and O–H groups in total. The van der Waals surface area contributed by atoms with Crippen LogP contribution in [-0.4, -0.2) is 88.3 Å². The number of ether oxygens (including phenoxy) is 1. The lowest BCUT2D eigenvalue weighted by atomic mass is 9.98. The van der Waals surface area contributed by atoms with Crippen molar-refractivity contribution in [3.05, 3.63) is 47.9 Å². The average molecular weight is 624 g/mol. The number of benzene rings is 1. The monoisotopic (exact) mass is 623 g/mol. The molecule has 9 nitrogen and oxygen atoms in total. The highest BCUT2D eigenvalue weighted by atomic mass is 32.2. The largest absolute Gasteiger partial charge is 0.462 e. The molecule has 3 aromatic rings. The summed E-state index contributed by atoms with van der Waals surface area (Å²) in [5, 5.41) is 9.77. The maximum absolute atomic E-state index is 16.5. The second-order valence-corrected chi connectivity index (χ2v) is 12.4. The van der Waals surface area contributed by atoms with Gasteiger partial charge in [0.25, 0.3) is 5.91 Å². The average Bonchev–Trinajstić information content (AvgIpc) is 3.44. The van der Waals surface area contributed by atoms with Crippen LogP contribution in [0.25, 0.3) is 22.2 Å². The van der Waals surface area contributed by atoms with Crippen molar-refractivity contribution in [2.45, 2.75) is 49.1 Å². The van der Waals surface area contributed by atoms with Gasteiger partial charge in [-0.25, -0.2) is 13.2 Å². The second-order valence-electron chi connectivity index (χ2n) is 11.3.